The van der Waals surface area contributed by atoms with Crippen LogP contribution < -0.4 is 5.73 Å². The van der Waals surface area contributed by atoms with E-state index in [2.05, 4.69) is 38.2 Å². The van der Waals surface area contributed by atoms with Crippen LogP contribution in [0.5, 0.6) is 0 Å². The number of phosphoric ester groups is 1. The van der Waals surface area contributed by atoms with Gasteiger partial charge in [0, 0.05) is 19.6 Å². The number of hydrogen-bond donors (Lipinski definition) is 2. The Morgan fingerprint density at radius 2 is 1.00 bits per heavy atom. The number of unbranched alkanes of at least 4 members (excludes halogenated alkanes) is 23. The van der Waals surface area contributed by atoms with Crippen molar-refractivity contribution < 1.29 is 32.8 Å². The van der Waals surface area contributed by atoms with Crippen LogP contribution in [0.1, 0.15) is 194 Å². The van der Waals surface area contributed by atoms with Crippen molar-refractivity contribution in [3.63, 3.8) is 0 Å². The summed E-state index contributed by atoms with van der Waals surface area (Å²) in [4.78, 5) is 22.4. The van der Waals surface area contributed by atoms with Gasteiger partial charge in [0.2, 0.25) is 0 Å². The van der Waals surface area contributed by atoms with Crippen LogP contribution in [0.15, 0.2) is 24.3 Å². The van der Waals surface area contributed by atoms with E-state index in [1.54, 1.807) is 0 Å². The lowest BCUT2D eigenvalue weighted by molar-refractivity contribution is -0.154. The van der Waals surface area contributed by atoms with Crippen LogP contribution >= 0.6 is 7.82 Å². The van der Waals surface area contributed by atoms with Gasteiger partial charge in [-0.15, -0.1) is 0 Å². The Morgan fingerprint density at radius 3 is 1.48 bits per heavy atom. The van der Waals surface area contributed by atoms with E-state index in [1.165, 1.54) is 128 Å². The topological polar surface area (TPSA) is 117 Å². The molecule has 0 aromatic carbocycles. The molecule has 0 aliphatic heterocycles. The number of carbonyl (C=O) groups excluding carboxylic acids is 1. The summed E-state index contributed by atoms with van der Waals surface area (Å²) in [6.07, 6.45) is 41.9. The third-order valence-corrected chi connectivity index (χ3v) is 9.83. The van der Waals surface area contributed by atoms with Gasteiger partial charge in [-0.05, 0) is 64.2 Å². The average molecular weight is 730 g/mol. The Kier molecular flexibility index (Phi) is 38.4. The van der Waals surface area contributed by atoms with E-state index in [4.69, 9.17) is 24.3 Å². The molecule has 50 heavy (non-hydrogen) atoms. The first kappa shape index (κ1) is 49.0. The van der Waals surface area contributed by atoms with Crippen molar-refractivity contribution in [1.82, 2.24) is 0 Å². The Morgan fingerprint density at radius 1 is 0.580 bits per heavy atom. The van der Waals surface area contributed by atoms with Gasteiger partial charge in [0.05, 0.1) is 19.8 Å². The molecule has 0 heterocycles. The molecule has 0 amide bonds. The fourth-order valence-electron chi connectivity index (χ4n) is 5.75. The molecule has 9 heteroatoms. The summed E-state index contributed by atoms with van der Waals surface area (Å²) < 4.78 is 33.4. The molecule has 3 N–H and O–H groups in total. The normalized spacial score (nSPS) is 13.8. The lowest BCUT2D eigenvalue weighted by Gasteiger charge is -2.20. The third-order valence-electron chi connectivity index (χ3n) is 8.84. The van der Waals surface area contributed by atoms with Crippen molar-refractivity contribution in [2.45, 2.75) is 200 Å². The molecule has 0 rings (SSSR count). The standard InChI is InChI=1S/C41H80NO7P/c1-3-5-7-9-11-13-15-17-18-19-20-21-23-25-27-29-31-33-36-46-38-40(39-48-50(44,45)47-37-35-42)49-41(43)34-32-30-28-26-24-22-16-14-12-10-8-6-4-2/h14,16-18,40H,3-13,15,19-39,42H2,1-2H3,(H,44,45)/b16-14-,18-17-. The van der Waals surface area contributed by atoms with E-state index in [0.717, 1.165) is 44.9 Å². The Balaban J connectivity index is 4.03. The first-order valence-electron chi connectivity index (χ1n) is 20.8. The number of carbonyl (C=O) groups is 1. The lowest BCUT2D eigenvalue weighted by Crippen LogP contribution is -2.28. The summed E-state index contributed by atoms with van der Waals surface area (Å²) in [5, 5.41) is 0. The van der Waals surface area contributed by atoms with Crippen LogP contribution in [-0.2, 0) is 27.9 Å². The maximum absolute atomic E-state index is 12.5. The molecule has 0 saturated carbocycles. The monoisotopic (exact) mass is 730 g/mol. The van der Waals surface area contributed by atoms with Crippen molar-refractivity contribution in [3.8, 4) is 0 Å². The van der Waals surface area contributed by atoms with E-state index < -0.39 is 13.9 Å². The van der Waals surface area contributed by atoms with E-state index in [1.807, 2.05) is 0 Å². The summed E-state index contributed by atoms with van der Waals surface area (Å²) in [5.74, 6) is -0.340. The average Bonchev–Trinajstić information content (AvgIpc) is 3.10. The van der Waals surface area contributed by atoms with Crippen LogP contribution in [-0.4, -0.2) is 49.9 Å². The summed E-state index contributed by atoms with van der Waals surface area (Å²) in [7, 11) is -4.27. The summed E-state index contributed by atoms with van der Waals surface area (Å²) in [5.41, 5.74) is 5.36. The van der Waals surface area contributed by atoms with Gasteiger partial charge in [-0.2, -0.15) is 0 Å². The highest BCUT2D eigenvalue weighted by molar-refractivity contribution is 7.47. The second kappa shape index (κ2) is 39.2. The van der Waals surface area contributed by atoms with E-state index in [0.29, 0.717) is 13.0 Å². The second-order valence-corrected chi connectivity index (χ2v) is 15.3. The van der Waals surface area contributed by atoms with Crippen LogP contribution in [0.3, 0.4) is 0 Å². The quantitative estimate of drug-likeness (QED) is 0.0277. The van der Waals surface area contributed by atoms with Crippen LogP contribution in [0.4, 0.5) is 0 Å². The Bertz CT molecular complexity index is 823. The molecule has 0 bridgehead atoms. The largest absolute Gasteiger partial charge is 0.472 e. The number of nitrogens with two attached hydrogens (primary N) is 1. The van der Waals surface area contributed by atoms with E-state index in [-0.39, 0.29) is 32.3 Å². The minimum atomic E-state index is -4.27. The molecule has 0 aromatic heterocycles. The van der Waals surface area contributed by atoms with Gasteiger partial charge < -0.3 is 20.1 Å². The van der Waals surface area contributed by atoms with Crippen molar-refractivity contribution in [1.29, 1.82) is 0 Å². The lowest BCUT2D eigenvalue weighted by atomic mass is 10.1. The van der Waals surface area contributed by atoms with Crippen molar-refractivity contribution in [3.05, 3.63) is 24.3 Å². The number of rotatable bonds is 40. The number of ether oxygens (including phenoxy) is 2. The molecule has 8 nitrogen and oxygen atoms in total. The Labute approximate surface area is 308 Å². The zero-order valence-electron chi connectivity index (χ0n) is 32.6. The highest BCUT2D eigenvalue weighted by Gasteiger charge is 2.25. The van der Waals surface area contributed by atoms with E-state index >= 15 is 0 Å². The predicted octanol–water partition coefficient (Wildman–Crippen LogP) is 12.1. The number of esters is 1. The molecule has 0 saturated heterocycles. The molecule has 0 radical (unpaired) electrons. The van der Waals surface area contributed by atoms with Crippen LogP contribution in [0.25, 0.3) is 0 Å². The van der Waals surface area contributed by atoms with Gasteiger partial charge in [-0.25, -0.2) is 4.57 Å². The maximum Gasteiger partial charge on any atom is 0.472 e. The summed E-state index contributed by atoms with van der Waals surface area (Å²) >= 11 is 0. The highest BCUT2D eigenvalue weighted by Crippen LogP contribution is 2.43. The molecule has 0 fully saturated rings. The maximum atomic E-state index is 12.5. The smallest absolute Gasteiger partial charge is 0.457 e. The van der Waals surface area contributed by atoms with Crippen LogP contribution in [0, 0.1) is 0 Å². The van der Waals surface area contributed by atoms with E-state index in [9.17, 15) is 14.3 Å². The highest BCUT2D eigenvalue weighted by atomic mass is 31.2. The summed E-state index contributed by atoms with van der Waals surface area (Å²) in [6.45, 7) is 4.90. The van der Waals surface area contributed by atoms with Gasteiger partial charge in [-0.1, -0.05) is 147 Å². The zero-order valence-corrected chi connectivity index (χ0v) is 33.5. The van der Waals surface area contributed by atoms with Crippen molar-refractivity contribution >= 4 is 13.8 Å². The van der Waals surface area contributed by atoms with Crippen LogP contribution in [0.2, 0.25) is 0 Å². The second-order valence-electron chi connectivity index (χ2n) is 13.8. The number of allylic oxidation sites excluding steroid dienone is 4. The van der Waals surface area contributed by atoms with Gasteiger partial charge >= 0.3 is 13.8 Å². The first-order valence-corrected chi connectivity index (χ1v) is 22.3. The number of hydrogen-bond acceptors (Lipinski definition) is 7. The fourth-order valence-corrected chi connectivity index (χ4v) is 6.52. The van der Waals surface area contributed by atoms with Gasteiger partial charge in [0.1, 0.15) is 6.10 Å². The first-order chi connectivity index (χ1) is 24.4. The van der Waals surface area contributed by atoms with Gasteiger partial charge in [0.15, 0.2) is 0 Å². The third kappa shape index (κ3) is 38.2. The molecular weight excluding hydrogens is 649 g/mol. The molecule has 0 aromatic rings. The molecule has 0 aliphatic rings. The zero-order chi connectivity index (χ0) is 36.6. The molecule has 2 unspecified atom stereocenters. The molecule has 296 valence electrons. The number of phosphoric acid groups is 1. The minimum absolute atomic E-state index is 0.0965. The molecule has 0 aliphatic carbocycles. The SMILES string of the molecule is CCCCCC/C=C\CCCCCCCC(=O)OC(COCCCCCCCCCC/C=C\CCCCCCCC)COP(=O)(O)OCCN. The van der Waals surface area contributed by atoms with Crippen molar-refractivity contribution in [2.75, 3.05) is 33.0 Å². The Hall–Kier alpha value is -1.02. The fraction of sp³-hybridized carbons (Fsp3) is 0.878. The molecular formula is C41H80NO7P. The van der Waals surface area contributed by atoms with Crippen molar-refractivity contribution in [2.24, 2.45) is 5.73 Å². The van der Waals surface area contributed by atoms with Gasteiger partial charge in [-0.3, -0.25) is 13.8 Å². The molecule has 2 atom stereocenters. The summed E-state index contributed by atoms with van der Waals surface area (Å²) in [6, 6.07) is 0. The minimum Gasteiger partial charge on any atom is -0.457 e. The predicted molar refractivity (Wildman–Crippen MR) is 210 cm³/mol. The van der Waals surface area contributed by atoms with Gasteiger partial charge in [0.25, 0.3) is 0 Å². The molecule has 0 spiro atoms.